The molecular weight excluding hydrogens is 780 g/mol. The Bertz CT molecular complexity index is 963. The second-order valence-corrected chi connectivity index (χ2v) is 21.4. The van der Waals surface area contributed by atoms with E-state index in [1.54, 1.807) is 0 Å². The Kier molecular flexibility index (Phi) is 44.3. The van der Waals surface area contributed by atoms with Gasteiger partial charge < -0.3 is 19.8 Å². The summed E-state index contributed by atoms with van der Waals surface area (Å²) in [6.45, 7) is 4.94. The number of carbonyl (C=O) groups excluding carboxylic acids is 1. The zero-order chi connectivity index (χ0) is 45.0. The van der Waals surface area contributed by atoms with E-state index in [0.29, 0.717) is 23.9 Å². The van der Waals surface area contributed by atoms with Crippen LogP contribution in [0.2, 0.25) is 0 Å². The molecular formula is C52H108N2O6P+. The largest absolute Gasteiger partial charge is 0.472 e. The number of rotatable bonds is 50. The van der Waals surface area contributed by atoms with E-state index in [-0.39, 0.29) is 19.1 Å². The fraction of sp³-hybridized carbons (Fsp3) is 0.981. The van der Waals surface area contributed by atoms with Gasteiger partial charge in [-0.05, 0) is 12.8 Å². The normalized spacial score (nSPS) is 14.0. The van der Waals surface area contributed by atoms with Gasteiger partial charge in [-0.15, -0.1) is 0 Å². The van der Waals surface area contributed by atoms with E-state index in [2.05, 4.69) is 19.2 Å². The molecule has 0 aliphatic carbocycles. The molecule has 0 spiro atoms. The minimum Gasteiger partial charge on any atom is -0.391 e. The lowest BCUT2D eigenvalue weighted by Crippen LogP contribution is -2.46. The molecule has 3 atom stereocenters. The highest BCUT2D eigenvalue weighted by atomic mass is 31.2. The minimum atomic E-state index is -4.31. The lowest BCUT2D eigenvalue weighted by molar-refractivity contribution is -0.870. The maximum Gasteiger partial charge on any atom is 0.472 e. The van der Waals surface area contributed by atoms with Crippen molar-refractivity contribution in [2.45, 2.75) is 289 Å². The lowest BCUT2D eigenvalue weighted by Gasteiger charge is -2.26. The molecule has 0 radical (unpaired) electrons. The molecule has 0 fully saturated rings. The summed E-state index contributed by atoms with van der Waals surface area (Å²) < 4.78 is 23.7. The number of aliphatic hydroxyl groups excluding tert-OH is 1. The predicted octanol–water partition coefficient (Wildman–Crippen LogP) is 15.7. The second kappa shape index (κ2) is 44.7. The van der Waals surface area contributed by atoms with Crippen molar-refractivity contribution in [3.8, 4) is 0 Å². The highest BCUT2D eigenvalue weighted by Crippen LogP contribution is 2.43. The predicted molar refractivity (Wildman–Crippen MR) is 263 cm³/mol. The Balaban J connectivity index is 4.17. The third-order valence-corrected chi connectivity index (χ3v) is 13.6. The number of unbranched alkanes of at least 4 members (excludes halogenated alkanes) is 37. The summed E-state index contributed by atoms with van der Waals surface area (Å²) in [5, 5.41) is 14.0. The van der Waals surface area contributed by atoms with Crippen LogP contribution in [0.1, 0.15) is 277 Å². The van der Waals surface area contributed by atoms with Gasteiger partial charge in [0.2, 0.25) is 5.91 Å². The van der Waals surface area contributed by atoms with Crippen LogP contribution in [0.15, 0.2) is 0 Å². The highest BCUT2D eigenvalue weighted by Gasteiger charge is 2.28. The molecule has 0 bridgehead atoms. The maximum atomic E-state index is 13.0. The second-order valence-electron chi connectivity index (χ2n) is 20.0. The zero-order valence-electron chi connectivity index (χ0n) is 41.7. The first-order valence-corrected chi connectivity index (χ1v) is 28.4. The fourth-order valence-corrected chi connectivity index (χ4v) is 9.08. The summed E-state index contributed by atoms with van der Waals surface area (Å²) in [5.41, 5.74) is 0. The summed E-state index contributed by atoms with van der Waals surface area (Å²) in [4.78, 5) is 23.3. The number of amides is 1. The van der Waals surface area contributed by atoms with Crippen LogP contribution in [-0.2, 0) is 18.4 Å². The van der Waals surface area contributed by atoms with Crippen molar-refractivity contribution in [3.05, 3.63) is 0 Å². The fourth-order valence-electron chi connectivity index (χ4n) is 8.34. The number of quaternary nitrogens is 1. The average molecular weight is 888 g/mol. The van der Waals surface area contributed by atoms with E-state index in [1.165, 1.54) is 212 Å². The Hall–Kier alpha value is -0.500. The van der Waals surface area contributed by atoms with Crippen molar-refractivity contribution in [3.63, 3.8) is 0 Å². The Labute approximate surface area is 380 Å². The number of hydrogen-bond acceptors (Lipinski definition) is 5. The number of likely N-dealkylation sites (N-methyl/N-ethyl adjacent to an activating group) is 1. The van der Waals surface area contributed by atoms with Crippen LogP contribution in [0.5, 0.6) is 0 Å². The van der Waals surface area contributed by atoms with Gasteiger partial charge in [0.1, 0.15) is 13.2 Å². The van der Waals surface area contributed by atoms with Crippen molar-refractivity contribution >= 4 is 13.7 Å². The molecule has 0 aliphatic rings. The summed E-state index contributed by atoms with van der Waals surface area (Å²) >= 11 is 0. The minimum absolute atomic E-state index is 0.0790. The molecule has 0 saturated carbocycles. The molecule has 0 heterocycles. The van der Waals surface area contributed by atoms with Gasteiger partial charge in [0.15, 0.2) is 0 Å². The Morgan fingerprint density at radius 3 is 1.10 bits per heavy atom. The maximum absolute atomic E-state index is 13.0. The van der Waals surface area contributed by atoms with Crippen molar-refractivity contribution in [1.82, 2.24) is 5.32 Å². The van der Waals surface area contributed by atoms with Crippen LogP contribution < -0.4 is 5.32 Å². The van der Waals surface area contributed by atoms with Crippen LogP contribution in [0.4, 0.5) is 0 Å². The number of hydrogen-bond donors (Lipinski definition) is 3. The van der Waals surface area contributed by atoms with Crippen molar-refractivity contribution in [2.24, 2.45) is 0 Å². The van der Waals surface area contributed by atoms with Crippen LogP contribution >= 0.6 is 7.82 Å². The van der Waals surface area contributed by atoms with Crippen LogP contribution in [0, 0.1) is 0 Å². The number of phosphoric ester groups is 1. The van der Waals surface area contributed by atoms with E-state index < -0.39 is 20.0 Å². The first-order valence-electron chi connectivity index (χ1n) is 26.9. The zero-order valence-corrected chi connectivity index (χ0v) is 42.6. The number of phosphoric acid groups is 1. The molecule has 0 aromatic heterocycles. The first kappa shape index (κ1) is 60.5. The highest BCUT2D eigenvalue weighted by molar-refractivity contribution is 7.47. The van der Waals surface area contributed by atoms with Crippen molar-refractivity contribution in [1.29, 1.82) is 0 Å². The molecule has 0 saturated heterocycles. The molecule has 3 unspecified atom stereocenters. The van der Waals surface area contributed by atoms with Gasteiger partial charge in [-0.1, -0.05) is 258 Å². The van der Waals surface area contributed by atoms with Gasteiger partial charge in [-0.2, -0.15) is 0 Å². The standard InChI is InChI=1S/C52H107N2O6P/c1-6-8-10-12-14-16-18-20-22-24-25-26-27-28-30-32-34-36-38-40-42-44-46-52(56)53-50(49-60-61(57,58)59-48-47-54(3,4)5)51(55)45-43-41-39-37-35-33-31-29-23-21-19-17-15-13-11-9-7-2/h50-51,55H,6-49H2,1-5H3,(H-,53,56,57,58)/p+1. The van der Waals surface area contributed by atoms with Crippen LogP contribution in [0.25, 0.3) is 0 Å². The van der Waals surface area contributed by atoms with Gasteiger partial charge in [0.05, 0.1) is 39.9 Å². The van der Waals surface area contributed by atoms with Crippen LogP contribution in [-0.4, -0.2) is 73.4 Å². The van der Waals surface area contributed by atoms with E-state index in [1.807, 2.05) is 21.1 Å². The molecule has 9 heteroatoms. The van der Waals surface area contributed by atoms with E-state index in [0.717, 1.165) is 38.5 Å². The third-order valence-electron chi connectivity index (χ3n) is 12.6. The Morgan fingerprint density at radius 1 is 0.492 bits per heavy atom. The Morgan fingerprint density at radius 2 is 0.787 bits per heavy atom. The lowest BCUT2D eigenvalue weighted by atomic mass is 10.0. The molecule has 0 aromatic rings. The van der Waals surface area contributed by atoms with E-state index in [9.17, 15) is 19.4 Å². The van der Waals surface area contributed by atoms with Crippen LogP contribution in [0.3, 0.4) is 0 Å². The van der Waals surface area contributed by atoms with Gasteiger partial charge >= 0.3 is 7.82 Å². The quantitative estimate of drug-likeness (QED) is 0.0319. The van der Waals surface area contributed by atoms with Gasteiger partial charge in [0.25, 0.3) is 0 Å². The first-order chi connectivity index (χ1) is 29.5. The van der Waals surface area contributed by atoms with E-state index in [4.69, 9.17) is 9.05 Å². The molecule has 3 N–H and O–H groups in total. The molecule has 0 rings (SSSR count). The molecule has 8 nitrogen and oxygen atoms in total. The monoisotopic (exact) mass is 888 g/mol. The summed E-state index contributed by atoms with van der Waals surface area (Å²) in [6.07, 6.45) is 51.4. The topological polar surface area (TPSA) is 105 Å². The number of nitrogens with zero attached hydrogens (tertiary/aromatic N) is 1. The number of carbonyl (C=O) groups is 1. The molecule has 0 aliphatic heterocycles. The van der Waals surface area contributed by atoms with Gasteiger partial charge in [-0.3, -0.25) is 13.8 Å². The number of nitrogens with one attached hydrogen (secondary N) is 1. The molecule has 366 valence electrons. The average Bonchev–Trinajstić information content (AvgIpc) is 3.21. The SMILES string of the molecule is CCCCCCCCCCCCCCCCCCCCCCCCC(=O)NC(COP(=O)(O)OCC[N+](C)(C)C)C(O)CCCCCCCCCCCCCCCCCCC. The summed E-state index contributed by atoms with van der Waals surface area (Å²) in [7, 11) is 1.63. The summed E-state index contributed by atoms with van der Waals surface area (Å²) in [6, 6.07) is -0.754. The van der Waals surface area contributed by atoms with Gasteiger partial charge in [-0.25, -0.2) is 4.57 Å². The smallest absolute Gasteiger partial charge is 0.391 e. The third kappa shape index (κ3) is 47.3. The molecule has 1 amide bonds. The molecule has 61 heavy (non-hydrogen) atoms. The number of aliphatic hydroxyl groups is 1. The van der Waals surface area contributed by atoms with E-state index >= 15 is 0 Å². The van der Waals surface area contributed by atoms with Crippen molar-refractivity contribution < 1.29 is 32.9 Å². The summed E-state index contributed by atoms with van der Waals surface area (Å²) in [5.74, 6) is -0.137. The molecule has 0 aromatic carbocycles. The van der Waals surface area contributed by atoms with Crippen molar-refractivity contribution in [2.75, 3.05) is 40.9 Å². The van der Waals surface area contributed by atoms with Gasteiger partial charge in [0, 0.05) is 6.42 Å².